The Hall–Kier alpha value is -1.72. The van der Waals surface area contributed by atoms with Crippen LogP contribution in [0.2, 0.25) is 0 Å². The molecule has 0 unspecified atom stereocenters. The molecule has 9 nitrogen and oxygen atoms in total. The lowest BCUT2D eigenvalue weighted by Crippen LogP contribution is -2.50. The molecule has 1 aromatic rings. The van der Waals surface area contributed by atoms with Crippen LogP contribution in [0.5, 0.6) is 5.75 Å². The molecule has 10 heteroatoms. The van der Waals surface area contributed by atoms with E-state index in [0.717, 1.165) is 6.92 Å². The molecule has 1 amide bonds. The fourth-order valence-corrected chi connectivity index (χ4v) is 2.95. The number of carbonyl (C=O) groups is 1. The van der Waals surface area contributed by atoms with Crippen molar-refractivity contribution in [2.45, 2.75) is 17.9 Å². The first-order valence-corrected chi connectivity index (χ1v) is 7.63. The third-order valence-electron chi connectivity index (χ3n) is 2.71. The van der Waals surface area contributed by atoms with Gasteiger partial charge in [-0.25, -0.2) is 8.42 Å². The average molecular weight is 334 g/mol. The highest BCUT2D eigenvalue weighted by molar-refractivity contribution is 7.89. The van der Waals surface area contributed by atoms with E-state index < -0.39 is 35.2 Å². The smallest absolute Gasteiger partial charge is 0.262 e. The van der Waals surface area contributed by atoms with Gasteiger partial charge in [-0.2, -0.15) is 0 Å². The van der Waals surface area contributed by atoms with Crippen molar-refractivity contribution in [3.63, 3.8) is 0 Å². The fourth-order valence-electron chi connectivity index (χ4n) is 1.54. The van der Waals surface area contributed by atoms with Crippen LogP contribution in [-0.2, 0) is 14.8 Å². The Morgan fingerprint density at radius 1 is 1.32 bits per heavy atom. The number of amides is 1. The van der Waals surface area contributed by atoms with E-state index in [4.69, 9.17) is 9.84 Å². The molecule has 0 fully saturated rings. The second-order valence-electron chi connectivity index (χ2n) is 4.33. The second kappa shape index (κ2) is 7.51. The molecule has 0 saturated carbocycles. The van der Waals surface area contributed by atoms with Gasteiger partial charge in [0.15, 0.2) is 0 Å². The summed E-state index contributed by atoms with van der Waals surface area (Å²) >= 11 is 0. The fraction of sp³-hybridized carbons (Fsp3) is 0.417. The van der Waals surface area contributed by atoms with Crippen LogP contribution in [0.3, 0.4) is 0 Å². The van der Waals surface area contributed by atoms with E-state index in [2.05, 4.69) is 0 Å². The van der Waals surface area contributed by atoms with E-state index in [1.165, 1.54) is 31.4 Å². The molecule has 3 N–H and O–H groups in total. The lowest BCUT2D eigenvalue weighted by atomic mass is 10.3. The number of hydrogen-bond donors (Lipinski definition) is 3. The van der Waals surface area contributed by atoms with Gasteiger partial charge in [0.05, 0.1) is 31.3 Å². The molecule has 0 spiro atoms. The molecule has 1 atom stereocenters. The minimum atomic E-state index is -4.31. The van der Waals surface area contributed by atoms with Crippen molar-refractivity contribution in [1.82, 2.24) is 9.59 Å². The van der Waals surface area contributed by atoms with Gasteiger partial charge < -0.3 is 14.9 Å². The number of methoxy groups -OCH3 is 1. The third kappa shape index (κ3) is 4.15. The Labute approximate surface area is 127 Å². The highest BCUT2D eigenvalue weighted by Gasteiger charge is 2.33. The number of aliphatic hydroxyl groups excluding tert-OH is 2. The zero-order chi connectivity index (χ0) is 16.9. The van der Waals surface area contributed by atoms with Crippen LogP contribution in [0.15, 0.2) is 29.2 Å². The van der Waals surface area contributed by atoms with E-state index in [9.17, 15) is 23.5 Å². The van der Waals surface area contributed by atoms with Gasteiger partial charge in [0, 0.05) is 6.92 Å². The van der Waals surface area contributed by atoms with Gasteiger partial charge in [0.25, 0.3) is 15.9 Å². The summed E-state index contributed by atoms with van der Waals surface area (Å²) in [5, 5.41) is 27.8. The molecule has 0 aliphatic rings. The zero-order valence-corrected chi connectivity index (χ0v) is 12.9. The van der Waals surface area contributed by atoms with E-state index in [-0.39, 0.29) is 14.5 Å². The Morgan fingerprint density at radius 3 is 2.27 bits per heavy atom. The summed E-state index contributed by atoms with van der Waals surface area (Å²) in [7, 11) is -2.90. The maximum absolute atomic E-state index is 12.5. The number of hydroxylamine groups is 1. The van der Waals surface area contributed by atoms with Gasteiger partial charge in [0.1, 0.15) is 5.75 Å². The number of rotatable bonds is 7. The van der Waals surface area contributed by atoms with Crippen LogP contribution in [0.1, 0.15) is 6.92 Å². The van der Waals surface area contributed by atoms with E-state index in [1.807, 2.05) is 0 Å². The van der Waals surface area contributed by atoms with Crippen LogP contribution in [0, 0.1) is 0 Å². The van der Waals surface area contributed by atoms with Crippen molar-refractivity contribution in [3.05, 3.63) is 24.3 Å². The summed E-state index contributed by atoms with van der Waals surface area (Å²) in [6.07, 6.45) is -1.47. The van der Waals surface area contributed by atoms with Crippen molar-refractivity contribution in [2.24, 2.45) is 0 Å². The number of hydrazine groups is 1. The molecular weight excluding hydrogens is 316 g/mol. The lowest BCUT2D eigenvalue weighted by molar-refractivity contribution is -0.213. The summed E-state index contributed by atoms with van der Waals surface area (Å²) in [5.74, 6) is -0.546. The SMILES string of the molecule is COc1ccc(S(=O)(=O)N(C[C@@H](O)CO)N(O)C(C)=O)cc1. The number of hydrogen-bond acceptors (Lipinski definition) is 7. The number of sulfonamides is 1. The minimum Gasteiger partial charge on any atom is -0.497 e. The lowest BCUT2D eigenvalue weighted by Gasteiger charge is -2.29. The highest BCUT2D eigenvalue weighted by Crippen LogP contribution is 2.20. The van der Waals surface area contributed by atoms with E-state index in [0.29, 0.717) is 5.75 Å². The normalized spacial score (nSPS) is 13.0. The van der Waals surface area contributed by atoms with Crippen molar-refractivity contribution in [2.75, 3.05) is 20.3 Å². The van der Waals surface area contributed by atoms with Crippen LogP contribution < -0.4 is 4.74 Å². The monoisotopic (exact) mass is 334 g/mol. The number of nitrogens with zero attached hydrogens (tertiary/aromatic N) is 2. The topological polar surface area (TPSA) is 128 Å². The molecule has 1 rings (SSSR count). The summed E-state index contributed by atoms with van der Waals surface area (Å²) in [5.41, 5.74) is 0. The quantitative estimate of drug-likeness (QED) is 0.439. The number of carbonyl (C=O) groups excluding carboxylic acids is 1. The number of ether oxygens (including phenoxy) is 1. The molecule has 0 bridgehead atoms. The summed E-state index contributed by atoms with van der Waals surface area (Å²) in [6.45, 7) is -0.483. The molecule has 0 aliphatic heterocycles. The van der Waals surface area contributed by atoms with E-state index in [1.54, 1.807) is 0 Å². The zero-order valence-electron chi connectivity index (χ0n) is 12.1. The predicted octanol–water partition coefficient (Wildman–Crippen LogP) is -0.808. The summed E-state index contributed by atoms with van der Waals surface area (Å²) < 4.78 is 30.1. The maximum atomic E-state index is 12.5. The second-order valence-corrected chi connectivity index (χ2v) is 6.17. The molecule has 0 aromatic heterocycles. The first-order chi connectivity index (χ1) is 10.2. The van der Waals surface area contributed by atoms with Crippen LogP contribution in [0.25, 0.3) is 0 Å². The van der Waals surface area contributed by atoms with Crippen LogP contribution >= 0.6 is 0 Å². The Kier molecular flexibility index (Phi) is 6.26. The van der Waals surface area contributed by atoms with Gasteiger partial charge in [-0.1, -0.05) is 4.41 Å². The minimum absolute atomic E-state index is 0.127. The van der Waals surface area contributed by atoms with E-state index >= 15 is 0 Å². The summed E-state index contributed by atoms with van der Waals surface area (Å²) in [4.78, 5) is 11.0. The third-order valence-corrected chi connectivity index (χ3v) is 4.43. The first kappa shape index (κ1) is 18.3. The standard InChI is InChI=1S/C12H18N2O7S/c1-9(16)14(18)13(7-10(17)8-15)22(19,20)12-5-3-11(21-2)4-6-12/h3-6,10,15,17-18H,7-8H2,1-2H3/t10-/m1/s1. The molecule has 1 aromatic carbocycles. The van der Waals surface area contributed by atoms with Crippen molar-refractivity contribution in [3.8, 4) is 5.75 Å². The number of benzene rings is 1. The molecule has 0 radical (unpaired) electrons. The molecule has 0 aliphatic carbocycles. The van der Waals surface area contributed by atoms with Crippen LogP contribution in [-0.4, -0.2) is 65.7 Å². The van der Waals surface area contributed by atoms with Gasteiger partial charge in [-0.3, -0.25) is 10.0 Å². The van der Waals surface area contributed by atoms with Gasteiger partial charge >= 0.3 is 0 Å². The Balaban J connectivity index is 3.21. The Morgan fingerprint density at radius 2 is 1.86 bits per heavy atom. The predicted molar refractivity (Wildman–Crippen MR) is 74.3 cm³/mol. The molecule has 22 heavy (non-hydrogen) atoms. The van der Waals surface area contributed by atoms with Gasteiger partial charge in [0.2, 0.25) is 0 Å². The molecule has 0 heterocycles. The van der Waals surface area contributed by atoms with Crippen molar-refractivity contribution < 1.29 is 33.4 Å². The maximum Gasteiger partial charge on any atom is 0.262 e. The van der Waals surface area contributed by atoms with Crippen molar-refractivity contribution >= 4 is 15.9 Å². The van der Waals surface area contributed by atoms with Gasteiger partial charge in [-0.15, -0.1) is 5.17 Å². The Bertz CT molecular complexity index is 602. The molecule has 0 saturated heterocycles. The van der Waals surface area contributed by atoms with Crippen LogP contribution in [0.4, 0.5) is 0 Å². The molecule has 124 valence electrons. The molecular formula is C12H18N2O7S. The average Bonchev–Trinajstić information content (AvgIpc) is 2.51. The van der Waals surface area contributed by atoms with Gasteiger partial charge in [-0.05, 0) is 24.3 Å². The highest BCUT2D eigenvalue weighted by atomic mass is 32.2. The van der Waals surface area contributed by atoms with Crippen molar-refractivity contribution in [1.29, 1.82) is 0 Å². The first-order valence-electron chi connectivity index (χ1n) is 6.19. The largest absolute Gasteiger partial charge is 0.497 e. The summed E-state index contributed by atoms with van der Waals surface area (Å²) in [6, 6.07) is 5.23. The number of aliphatic hydroxyl groups is 2.